The summed E-state index contributed by atoms with van der Waals surface area (Å²) in [5.74, 6) is 0.625. The van der Waals surface area contributed by atoms with E-state index in [4.69, 9.17) is 4.74 Å². The Morgan fingerprint density at radius 1 is 1.54 bits per heavy atom. The highest BCUT2D eigenvalue weighted by Gasteiger charge is 2.21. The maximum Gasteiger partial charge on any atom is 0.155 e. The molecule has 0 spiro atoms. The Morgan fingerprint density at radius 3 is 2.77 bits per heavy atom. The molecule has 1 unspecified atom stereocenters. The van der Waals surface area contributed by atoms with E-state index in [-0.39, 0.29) is 0 Å². The van der Waals surface area contributed by atoms with Gasteiger partial charge in [-0.3, -0.25) is 4.79 Å². The summed E-state index contributed by atoms with van der Waals surface area (Å²) in [6.07, 6.45) is 0.502. The average molecular weight is 180 g/mol. The van der Waals surface area contributed by atoms with Crippen LogP contribution in [-0.4, -0.2) is 18.5 Å². The third-order valence-corrected chi connectivity index (χ3v) is 1.88. The van der Waals surface area contributed by atoms with Crippen LogP contribution in [-0.2, 0) is 10.4 Å². The van der Waals surface area contributed by atoms with E-state index in [1.165, 1.54) is 14.0 Å². The smallest absolute Gasteiger partial charge is 0.155 e. The number of aldehydes is 1. The lowest BCUT2D eigenvalue weighted by Gasteiger charge is -2.16. The van der Waals surface area contributed by atoms with E-state index in [1.807, 2.05) is 0 Å². The number of carbonyl (C=O) groups is 1. The summed E-state index contributed by atoms with van der Waals surface area (Å²) < 4.78 is 4.97. The van der Waals surface area contributed by atoms with E-state index < -0.39 is 5.60 Å². The molecule has 70 valence electrons. The number of hydrogen-bond acceptors (Lipinski definition) is 3. The van der Waals surface area contributed by atoms with Crippen LogP contribution in [0.2, 0.25) is 0 Å². The molecule has 0 aliphatic heterocycles. The topological polar surface area (TPSA) is 46.5 Å². The van der Waals surface area contributed by atoms with Crippen molar-refractivity contribution in [3.8, 4) is 5.75 Å². The molecule has 0 radical (unpaired) electrons. The molecule has 0 aliphatic rings. The van der Waals surface area contributed by atoms with Crippen molar-refractivity contribution in [2.45, 2.75) is 12.5 Å². The van der Waals surface area contributed by atoms with Gasteiger partial charge in [-0.15, -0.1) is 0 Å². The van der Waals surface area contributed by atoms with Crippen molar-refractivity contribution in [2.75, 3.05) is 7.11 Å². The van der Waals surface area contributed by atoms with Crippen molar-refractivity contribution in [3.05, 3.63) is 29.8 Å². The number of ether oxygens (including phenoxy) is 1. The minimum atomic E-state index is -1.44. The molecule has 0 fully saturated rings. The molecule has 0 aromatic heterocycles. The largest absolute Gasteiger partial charge is 0.497 e. The first-order valence-electron chi connectivity index (χ1n) is 3.93. The first-order valence-corrected chi connectivity index (χ1v) is 3.93. The number of aliphatic hydroxyl groups is 1. The summed E-state index contributed by atoms with van der Waals surface area (Å²) in [7, 11) is 1.54. The highest BCUT2D eigenvalue weighted by atomic mass is 16.5. The molecule has 0 saturated heterocycles. The van der Waals surface area contributed by atoms with E-state index in [1.54, 1.807) is 24.3 Å². The predicted molar refractivity (Wildman–Crippen MR) is 48.6 cm³/mol. The van der Waals surface area contributed by atoms with Crippen LogP contribution in [0.1, 0.15) is 12.5 Å². The van der Waals surface area contributed by atoms with Gasteiger partial charge < -0.3 is 9.84 Å². The van der Waals surface area contributed by atoms with Crippen LogP contribution in [0, 0.1) is 0 Å². The van der Waals surface area contributed by atoms with Crippen LogP contribution >= 0.6 is 0 Å². The lowest BCUT2D eigenvalue weighted by atomic mass is 9.98. The summed E-state index contributed by atoms with van der Waals surface area (Å²) >= 11 is 0. The van der Waals surface area contributed by atoms with Crippen LogP contribution in [0.15, 0.2) is 24.3 Å². The van der Waals surface area contributed by atoms with Gasteiger partial charge in [0.25, 0.3) is 0 Å². The normalized spacial score (nSPS) is 14.7. The summed E-state index contributed by atoms with van der Waals surface area (Å²) in [4.78, 5) is 10.5. The lowest BCUT2D eigenvalue weighted by Crippen LogP contribution is -2.22. The zero-order valence-electron chi connectivity index (χ0n) is 7.65. The fourth-order valence-electron chi connectivity index (χ4n) is 1.01. The Kier molecular flexibility index (Phi) is 2.68. The first kappa shape index (κ1) is 9.74. The zero-order valence-corrected chi connectivity index (χ0v) is 7.65. The minimum Gasteiger partial charge on any atom is -0.497 e. The first-order chi connectivity index (χ1) is 6.10. The van der Waals surface area contributed by atoms with Crippen molar-refractivity contribution < 1.29 is 14.6 Å². The molecule has 0 amide bonds. The Morgan fingerprint density at radius 2 is 2.23 bits per heavy atom. The van der Waals surface area contributed by atoms with Gasteiger partial charge in [0.15, 0.2) is 6.29 Å². The fraction of sp³-hybridized carbons (Fsp3) is 0.300. The molecular formula is C10H12O3. The molecule has 0 heterocycles. The molecule has 13 heavy (non-hydrogen) atoms. The zero-order chi connectivity index (χ0) is 9.90. The minimum absolute atomic E-state index is 0.502. The van der Waals surface area contributed by atoms with Gasteiger partial charge >= 0.3 is 0 Å². The van der Waals surface area contributed by atoms with Gasteiger partial charge in [-0.2, -0.15) is 0 Å². The second kappa shape index (κ2) is 3.58. The molecule has 3 heteroatoms. The van der Waals surface area contributed by atoms with Gasteiger partial charge in [-0.1, -0.05) is 12.1 Å². The number of methoxy groups -OCH3 is 1. The van der Waals surface area contributed by atoms with Crippen LogP contribution in [0.5, 0.6) is 5.75 Å². The third-order valence-electron chi connectivity index (χ3n) is 1.88. The van der Waals surface area contributed by atoms with Crippen molar-refractivity contribution in [3.63, 3.8) is 0 Å². The summed E-state index contributed by atoms with van der Waals surface area (Å²) in [5, 5.41) is 9.59. The van der Waals surface area contributed by atoms with E-state index in [0.29, 0.717) is 17.6 Å². The number of rotatable bonds is 3. The third kappa shape index (κ3) is 2.06. The maximum atomic E-state index is 10.5. The van der Waals surface area contributed by atoms with Crippen molar-refractivity contribution in [1.29, 1.82) is 0 Å². The molecule has 0 bridgehead atoms. The maximum absolute atomic E-state index is 10.5. The monoisotopic (exact) mass is 180 g/mol. The lowest BCUT2D eigenvalue weighted by molar-refractivity contribution is -0.123. The number of hydrogen-bond donors (Lipinski definition) is 1. The predicted octanol–water partition coefficient (Wildman–Crippen LogP) is 1.10. The Hall–Kier alpha value is -1.35. The molecule has 3 nitrogen and oxygen atoms in total. The van der Waals surface area contributed by atoms with E-state index in [2.05, 4.69) is 0 Å². The van der Waals surface area contributed by atoms with Gasteiger partial charge in [0.2, 0.25) is 0 Å². The van der Waals surface area contributed by atoms with E-state index in [9.17, 15) is 9.90 Å². The summed E-state index contributed by atoms with van der Waals surface area (Å²) in [5.41, 5.74) is -0.906. The molecule has 1 rings (SSSR count). The molecular weight excluding hydrogens is 168 g/mol. The van der Waals surface area contributed by atoms with Gasteiger partial charge in [-0.05, 0) is 24.6 Å². The summed E-state index contributed by atoms with van der Waals surface area (Å²) in [6, 6.07) is 6.79. The standard InChI is InChI=1S/C10H12O3/c1-10(12,7-11)8-4-3-5-9(6-8)13-2/h3-7,12H,1-2H3. The Balaban J connectivity index is 3.08. The van der Waals surface area contributed by atoms with Crippen LogP contribution < -0.4 is 4.74 Å². The van der Waals surface area contributed by atoms with Crippen molar-refractivity contribution >= 4 is 6.29 Å². The van der Waals surface area contributed by atoms with E-state index in [0.717, 1.165) is 0 Å². The molecule has 0 aliphatic carbocycles. The molecule has 1 aromatic carbocycles. The second-order valence-electron chi connectivity index (χ2n) is 3.00. The highest BCUT2D eigenvalue weighted by Crippen LogP contribution is 2.22. The number of benzene rings is 1. The SMILES string of the molecule is COc1cccc(C(C)(O)C=O)c1. The van der Waals surface area contributed by atoms with Gasteiger partial charge in [0.1, 0.15) is 11.4 Å². The van der Waals surface area contributed by atoms with Crippen molar-refractivity contribution in [1.82, 2.24) is 0 Å². The van der Waals surface area contributed by atoms with Gasteiger partial charge in [-0.25, -0.2) is 0 Å². The van der Waals surface area contributed by atoms with E-state index >= 15 is 0 Å². The molecule has 0 saturated carbocycles. The average Bonchev–Trinajstić information content (AvgIpc) is 2.18. The quantitative estimate of drug-likeness (QED) is 0.708. The Bertz CT molecular complexity index is 305. The second-order valence-corrected chi connectivity index (χ2v) is 3.00. The Labute approximate surface area is 77.0 Å². The van der Waals surface area contributed by atoms with Gasteiger partial charge in [0, 0.05) is 0 Å². The summed E-state index contributed by atoms with van der Waals surface area (Å²) in [6.45, 7) is 1.44. The van der Waals surface area contributed by atoms with Gasteiger partial charge in [0.05, 0.1) is 7.11 Å². The fourth-order valence-corrected chi connectivity index (χ4v) is 1.01. The molecule has 1 aromatic rings. The number of carbonyl (C=O) groups excluding carboxylic acids is 1. The molecule has 1 N–H and O–H groups in total. The van der Waals surface area contributed by atoms with Crippen LogP contribution in [0.3, 0.4) is 0 Å². The molecule has 1 atom stereocenters. The van der Waals surface area contributed by atoms with Crippen molar-refractivity contribution in [2.24, 2.45) is 0 Å². The van der Waals surface area contributed by atoms with Crippen LogP contribution in [0.4, 0.5) is 0 Å². The van der Waals surface area contributed by atoms with Crippen LogP contribution in [0.25, 0.3) is 0 Å². The highest BCUT2D eigenvalue weighted by molar-refractivity contribution is 5.65.